The number of hydrogen-bond donors (Lipinski definition) is 0. The molecule has 1 aliphatic heterocycles. The zero-order chi connectivity index (χ0) is 45.7. The number of benzene rings is 7. The van der Waals surface area contributed by atoms with Gasteiger partial charge in [-0.1, -0.05) is 135 Å². The average molecular weight is 864 g/mol. The molecule has 0 unspecified atom stereocenters. The van der Waals surface area contributed by atoms with Crippen molar-refractivity contribution in [1.29, 1.82) is 0 Å². The second kappa shape index (κ2) is 15.1. The number of rotatable bonds is 6. The quantitative estimate of drug-likeness (QED) is 0.167. The summed E-state index contributed by atoms with van der Waals surface area (Å²) in [4.78, 5) is 9.94. The molecule has 0 bridgehead atoms. The van der Waals surface area contributed by atoms with Gasteiger partial charge in [-0.15, -0.1) is 0 Å². The number of aromatic nitrogens is 3. The Labute approximate surface area is 388 Å². The van der Waals surface area contributed by atoms with Crippen LogP contribution in [0, 0.1) is 0 Å². The minimum Gasteiger partial charge on any atom is -0.457 e. The van der Waals surface area contributed by atoms with Crippen LogP contribution in [-0.2, 0) is 16.2 Å². The molecule has 4 heterocycles. The van der Waals surface area contributed by atoms with Gasteiger partial charge < -0.3 is 19.1 Å². The largest absolute Gasteiger partial charge is 0.457 e. The molecule has 11 rings (SSSR count). The fourth-order valence-corrected chi connectivity index (χ4v) is 10.2. The number of hydrogen-bond acceptors (Lipinski definition) is 4. The number of ether oxygens (including phenoxy) is 1. The van der Waals surface area contributed by atoms with Gasteiger partial charge >= 0.3 is 0 Å². The van der Waals surface area contributed by atoms with Crippen LogP contribution in [-0.4, -0.2) is 20.8 Å². The maximum atomic E-state index is 6.88. The summed E-state index contributed by atoms with van der Waals surface area (Å²) in [6, 6.07) is 59.2. The lowest BCUT2D eigenvalue weighted by atomic mass is 9.78. The van der Waals surface area contributed by atoms with Gasteiger partial charge in [-0.25, -0.2) is 4.98 Å². The van der Waals surface area contributed by atoms with Gasteiger partial charge in [0.2, 0.25) is 0 Å². The average Bonchev–Trinajstić information content (AvgIpc) is 3.96. The van der Waals surface area contributed by atoms with E-state index in [1.807, 2.05) is 6.20 Å². The van der Waals surface area contributed by atoms with Crippen molar-refractivity contribution in [1.82, 2.24) is 14.1 Å². The molecule has 66 heavy (non-hydrogen) atoms. The Balaban J connectivity index is 1.01. The Bertz CT molecular complexity index is 3430. The summed E-state index contributed by atoms with van der Waals surface area (Å²) in [7, 11) is 0. The maximum absolute atomic E-state index is 6.88. The van der Waals surface area contributed by atoms with Crippen LogP contribution in [0.1, 0.15) is 79.0 Å². The zero-order valence-corrected chi connectivity index (χ0v) is 39.5. The van der Waals surface area contributed by atoms with E-state index in [0.717, 1.165) is 50.5 Å². The third kappa shape index (κ3) is 6.89. The van der Waals surface area contributed by atoms with Gasteiger partial charge in [0.25, 0.3) is 0 Å². The molecule has 0 amide bonds. The topological polar surface area (TPSA) is 38.5 Å². The first kappa shape index (κ1) is 41.4. The van der Waals surface area contributed by atoms with Gasteiger partial charge in [0, 0.05) is 51.2 Å². The lowest BCUT2D eigenvalue weighted by Gasteiger charge is -2.35. The van der Waals surface area contributed by atoms with Gasteiger partial charge in [-0.3, -0.25) is 4.57 Å². The minimum absolute atomic E-state index is 0.0420. The molecule has 0 saturated heterocycles. The lowest BCUT2D eigenvalue weighted by molar-refractivity contribution is 0.483. The van der Waals surface area contributed by atoms with E-state index in [1.54, 1.807) is 0 Å². The van der Waals surface area contributed by atoms with Crippen molar-refractivity contribution in [3.63, 3.8) is 0 Å². The monoisotopic (exact) mass is 863 g/mol. The standard InChI is InChI=1S/C60H57N5O/c1-58(2,3)39-32-33-61-56(34-39)65-52-31-28-41(64-50-24-12-10-20-44(50)45-21-11-13-25-51(45)64)36-47(52)46-30-29-43(37-55(46)65)66-42-19-16-18-40(35-42)62-38-63(54-27-15-14-26-53(54)62)57-48(59(4,5)6)22-17-23-49(57)60(7,8)9/h10-37H,38H2,1-9H3. The van der Waals surface area contributed by atoms with E-state index in [1.165, 1.54) is 55.6 Å². The van der Waals surface area contributed by atoms with Gasteiger partial charge in [0.15, 0.2) is 0 Å². The van der Waals surface area contributed by atoms with Crippen molar-refractivity contribution in [3.05, 3.63) is 187 Å². The summed E-state index contributed by atoms with van der Waals surface area (Å²) >= 11 is 0. The molecule has 0 fully saturated rings. The molecule has 6 nitrogen and oxygen atoms in total. The highest BCUT2D eigenvalue weighted by molar-refractivity contribution is 6.12. The number of nitrogens with zero attached hydrogens (tertiary/aromatic N) is 5. The van der Waals surface area contributed by atoms with Gasteiger partial charge in [-0.2, -0.15) is 0 Å². The van der Waals surface area contributed by atoms with Crippen molar-refractivity contribution >= 4 is 66.4 Å². The van der Waals surface area contributed by atoms with E-state index in [4.69, 9.17) is 9.72 Å². The van der Waals surface area contributed by atoms with E-state index in [0.29, 0.717) is 6.67 Å². The predicted octanol–water partition coefficient (Wildman–Crippen LogP) is 16.2. The molecule has 0 atom stereocenters. The molecule has 0 aliphatic carbocycles. The van der Waals surface area contributed by atoms with E-state index in [-0.39, 0.29) is 16.2 Å². The smallest absolute Gasteiger partial charge is 0.137 e. The summed E-state index contributed by atoms with van der Waals surface area (Å²) in [6.45, 7) is 21.4. The fourth-order valence-electron chi connectivity index (χ4n) is 10.2. The fraction of sp³-hybridized carbons (Fsp3) is 0.217. The molecule has 3 aromatic heterocycles. The number of para-hydroxylation sites is 5. The highest BCUT2D eigenvalue weighted by Gasteiger charge is 2.35. The molecule has 0 N–H and O–H groups in total. The van der Waals surface area contributed by atoms with Gasteiger partial charge in [-0.05, 0) is 112 Å². The van der Waals surface area contributed by atoms with Crippen molar-refractivity contribution in [2.45, 2.75) is 78.6 Å². The second-order valence-corrected chi connectivity index (χ2v) is 21.0. The van der Waals surface area contributed by atoms with E-state index in [9.17, 15) is 0 Å². The Morgan fingerprint density at radius 3 is 1.68 bits per heavy atom. The highest BCUT2D eigenvalue weighted by Crippen LogP contribution is 2.50. The van der Waals surface area contributed by atoms with Crippen LogP contribution < -0.4 is 14.5 Å². The van der Waals surface area contributed by atoms with Crippen molar-refractivity contribution in [2.24, 2.45) is 0 Å². The van der Waals surface area contributed by atoms with Crippen LogP contribution in [0.5, 0.6) is 11.5 Å². The molecule has 1 aliphatic rings. The zero-order valence-electron chi connectivity index (χ0n) is 39.5. The molecule has 0 saturated carbocycles. The molecule has 7 aromatic carbocycles. The Morgan fingerprint density at radius 1 is 0.424 bits per heavy atom. The Hall–Kier alpha value is -7.31. The Kier molecular flexibility index (Phi) is 9.49. The third-order valence-electron chi connectivity index (χ3n) is 13.4. The summed E-state index contributed by atoms with van der Waals surface area (Å²) in [5, 5.41) is 4.78. The van der Waals surface area contributed by atoms with Crippen LogP contribution in [0.3, 0.4) is 0 Å². The summed E-state index contributed by atoms with van der Waals surface area (Å²) in [6.07, 6.45) is 1.94. The number of pyridine rings is 1. The third-order valence-corrected chi connectivity index (χ3v) is 13.4. The first-order valence-corrected chi connectivity index (χ1v) is 23.2. The second-order valence-electron chi connectivity index (χ2n) is 21.0. The molecule has 10 aromatic rings. The Morgan fingerprint density at radius 2 is 1.02 bits per heavy atom. The van der Waals surface area contributed by atoms with Crippen molar-refractivity contribution in [2.75, 3.05) is 16.5 Å². The lowest BCUT2D eigenvalue weighted by Crippen LogP contribution is -2.29. The molecular weight excluding hydrogens is 807 g/mol. The first-order valence-electron chi connectivity index (χ1n) is 23.2. The number of anilines is 4. The van der Waals surface area contributed by atoms with Gasteiger partial charge in [0.05, 0.1) is 39.1 Å². The van der Waals surface area contributed by atoms with Gasteiger partial charge in [0.1, 0.15) is 24.0 Å². The van der Waals surface area contributed by atoms with Crippen LogP contribution in [0.2, 0.25) is 0 Å². The van der Waals surface area contributed by atoms with Crippen LogP contribution in [0.25, 0.3) is 55.1 Å². The number of fused-ring (bicyclic) bond motifs is 7. The maximum Gasteiger partial charge on any atom is 0.137 e. The van der Waals surface area contributed by atoms with Crippen LogP contribution in [0.4, 0.5) is 22.7 Å². The predicted molar refractivity (Wildman–Crippen MR) is 278 cm³/mol. The SMILES string of the molecule is CC(C)(C)c1ccnc(-n2c3ccc(-n4c5ccccc5c5ccccc54)cc3c3ccc(Oc4cccc(N5CN(c6c(C(C)(C)C)cccc6C(C)(C)C)c6ccccc65)c4)cc32)c1. The molecule has 6 heteroatoms. The van der Waals surface area contributed by atoms with Crippen LogP contribution in [0.15, 0.2) is 170 Å². The summed E-state index contributed by atoms with van der Waals surface area (Å²) < 4.78 is 11.6. The van der Waals surface area contributed by atoms with E-state index >= 15 is 0 Å². The summed E-state index contributed by atoms with van der Waals surface area (Å²) in [5.41, 5.74) is 14.2. The van der Waals surface area contributed by atoms with Crippen molar-refractivity contribution < 1.29 is 4.74 Å². The normalized spacial score (nSPS) is 13.4. The minimum atomic E-state index is -0.0445. The molecule has 0 spiro atoms. The molecule has 0 radical (unpaired) electrons. The molecule has 328 valence electrons. The highest BCUT2D eigenvalue weighted by atomic mass is 16.5. The molecular formula is C60H57N5O. The van der Waals surface area contributed by atoms with Crippen LogP contribution >= 0.6 is 0 Å². The van der Waals surface area contributed by atoms with E-state index < -0.39 is 0 Å². The van der Waals surface area contributed by atoms with Crippen molar-refractivity contribution in [3.8, 4) is 23.0 Å². The first-order chi connectivity index (χ1) is 31.6. The summed E-state index contributed by atoms with van der Waals surface area (Å²) in [5.74, 6) is 2.42. The van der Waals surface area contributed by atoms with E-state index in [2.05, 4.69) is 245 Å².